The molecule has 1 fully saturated rings. The topological polar surface area (TPSA) is 40.5 Å². The first-order valence-electron chi connectivity index (χ1n) is 5.75. The lowest BCUT2D eigenvalue weighted by atomic mass is 9.75. The zero-order valence-corrected chi connectivity index (χ0v) is 11.4. The Kier molecular flexibility index (Phi) is 3.43. The molecule has 2 rings (SSSR count). The van der Waals surface area contributed by atoms with Crippen molar-refractivity contribution in [1.29, 1.82) is 0 Å². The van der Waals surface area contributed by atoms with E-state index in [9.17, 15) is 4.79 Å². The van der Waals surface area contributed by atoms with Gasteiger partial charge in [-0.15, -0.1) is 0 Å². The Morgan fingerprint density at radius 3 is 2.29 bits per heavy atom. The van der Waals surface area contributed by atoms with Crippen molar-refractivity contribution < 1.29 is 9.90 Å². The molecule has 1 aliphatic rings. The average molecular weight is 298 g/mol. The maximum Gasteiger partial charge on any atom is 0.407 e. The van der Waals surface area contributed by atoms with Crippen LogP contribution in [0.25, 0.3) is 0 Å². The maximum atomic E-state index is 10.9. The standard InChI is InChI=1S/C13H16BrNO2/c1-13(10-2-4-11(14)5-3-10)6-8-15(9-7-13)12(16)17/h2-5H,6-9H2,1H3,(H,16,17). The van der Waals surface area contributed by atoms with Crippen molar-refractivity contribution in [2.75, 3.05) is 13.1 Å². The van der Waals surface area contributed by atoms with Gasteiger partial charge in [-0.2, -0.15) is 0 Å². The number of hydrogen-bond acceptors (Lipinski definition) is 1. The fraction of sp³-hybridized carbons (Fsp3) is 0.462. The number of halogens is 1. The van der Waals surface area contributed by atoms with Gasteiger partial charge in [-0.1, -0.05) is 35.0 Å². The van der Waals surface area contributed by atoms with Gasteiger partial charge in [-0.05, 0) is 36.0 Å². The molecule has 1 amide bonds. The Morgan fingerprint density at radius 1 is 1.29 bits per heavy atom. The molecule has 0 unspecified atom stereocenters. The van der Waals surface area contributed by atoms with Crippen LogP contribution in [0.3, 0.4) is 0 Å². The highest BCUT2D eigenvalue weighted by Gasteiger charge is 2.33. The van der Waals surface area contributed by atoms with Crippen LogP contribution in [0.5, 0.6) is 0 Å². The molecule has 0 aromatic heterocycles. The van der Waals surface area contributed by atoms with E-state index in [-0.39, 0.29) is 5.41 Å². The summed E-state index contributed by atoms with van der Waals surface area (Å²) >= 11 is 3.43. The molecular formula is C13H16BrNO2. The zero-order valence-electron chi connectivity index (χ0n) is 9.82. The van der Waals surface area contributed by atoms with Crippen LogP contribution >= 0.6 is 15.9 Å². The second-order valence-electron chi connectivity index (χ2n) is 4.84. The van der Waals surface area contributed by atoms with E-state index in [1.807, 2.05) is 12.1 Å². The first-order valence-corrected chi connectivity index (χ1v) is 6.54. The van der Waals surface area contributed by atoms with E-state index < -0.39 is 6.09 Å². The Labute approximate surface area is 110 Å². The van der Waals surface area contributed by atoms with Gasteiger partial charge in [0.05, 0.1) is 0 Å². The molecule has 4 heteroatoms. The maximum absolute atomic E-state index is 10.9. The lowest BCUT2D eigenvalue weighted by molar-refractivity contribution is 0.119. The van der Waals surface area contributed by atoms with Crippen molar-refractivity contribution in [3.05, 3.63) is 34.3 Å². The van der Waals surface area contributed by atoms with Crippen molar-refractivity contribution in [2.45, 2.75) is 25.2 Å². The van der Waals surface area contributed by atoms with Crippen molar-refractivity contribution in [3.8, 4) is 0 Å². The molecule has 0 atom stereocenters. The largest absolute Gasteiger partial charge is 0.465 e. The van der Waals surface area contributed by atoms with E-state index in [2.05, 4.69) is 35.0 Å². The van der Waals surface area contributed by atoms with Crippen LogP contribution < -0.4 is 0 Å². The first kappa shape index (κ1) is 12.4. The highest BCUT2D eigenvalue weighted by molar-refractivity contribution is 9.10. The minimum atomic E-state index is -0.803. The monoisotopic (exact) mass is 297 g/mol. The van der Waals surface area contributed by atoms with Gasteiger partial charge in [0.2, 0.25) is 0 Å². The summed E-state index contributed by atoms with van der Waals surface area (Å²) in [4.78, 5) is 12.4. The Balaban J connectivity index is 2.11. The third-order valence-corrected chi connectivity index (χ3v) is 4.21. The van der Waals surface area contributed by atoms with Crippen molar-refractivity contribution >= 4 is 22.0 Å². The number of rotatable bonds is 1. The quantitative estimate of drug-likeness (QED) is 0.862. The first-order chi connectivity index (χ1) is 8.01. The second kappa shape index (κ2) is 4.69. The fourth-order valence-corrected chi connectivity index (χ4v) is 2.60. The molecule has 1 N–H and O–H groups in total. The number of carbonyl (C=O) groups is 1. The van der Waals surface area contributed by atoms with Gasteiger partial charge in [0.15, 0.2) is 0 Å². The van der Waals surface area contributed by atoms with Gasteiger partial charge in [-0.3, -0.25) is 0 Å². The van der Waals surface area contributed by atoms with Gasteiger partial charge in [0.1, 0.15) is 0 Å². The van der Waals surface area contributed by atoms with E-state index in [1.165, 1.54) is 10.5 Å². The van der Waals surface area contributed by atoms with Gasteiger partial charge >= 0.3 is 6.09 Å². The van der Waals surface area contributed by atoms with E-state index in [1.54, 1.807) is 0 Å². The summed E-state index contributed by atoms with van der Waals surface area (Å²) in [5.74, 6) is 0. The van der Waals surface area contributed by atoms with E-state index in [0.717, 1.165) is 17.3 Å². The Morgan fingerprint density at radius 2 is 1.82 bits per heavy atom. The Hall–Kier alpha value is -1.03. The predicted molar refractivity (Wildman–Crippen MR) is 70.3 cm³/mol. The minimum Gasteiger partial charge on any atom is -0.465 e. The van der Waals surface area contributed by atoms with Crippen molar-refractivity contribution in [3.63, 3.8) is 0 Å². The number of amides is 1. The molecule has 1 heterocycles. The third kappa shape index (κ3) is 2.63. The zero-order chi connectivity index (χ0) is 12.5. The minimum absolute atomic E-state index is 0.104. The second-order valence-corrected chi connectivity index (χ2v) is 5.75. The molecule has 0 aliphatic carbocycles. The van der Waals surface area contributed by atoms with Crippen LogP contribution in [0.15, 0.2) is 28.7 Å². The SMILES string of the molecule is CC1(c2ccc(Br)cc2)CCN(C(=O)O)CC1. The molecule has 92 valence electrons. The molecule has 0 bridgehead atoms. The Bertz CT molecular complexity index is 408. The summed E-state index contributed by atoms with van der Waals surface area (Å²) in [5, 5.41) is 8.94. The number of benzene rings is 1. The fourth-order valence-electron chi connectivity index (χ4n) is 2.33. The molecule has 17 heavy (non-hydrogen) atoms. The van der Waals surface area contributed by atoms with Gasteiger partial charge < -0.3 is 10.0 Å². The molecule has 0 saturated carbocycles. The summed E-state index contributed by atoms with van der Waals surface area (Å²) < 4.78 is 1.08. The van der Waals surface area contributed by atoms with Crippen LogP contribution in [0.4, 0.5) is 4.79 Å². The van der Waals surface area contributed by atoms with Crippen LogP contribution in [-0.4, -0.2) is 29.2 Å². The molecule has 1 aromatic rings. The number of carboxylic acid groups (broad SMARTS) is 1. The molecule has 1 aliphatic heterocycles. The summed E-state index contributed by atoms with van der Waals surface area (Å²) in [6.07, 6.45) is 0.977. The molecule has 1 saturated heterocycles. The molecule has 0 spiro atoms. The van der Waals surface area contributed by atoms with Crippen LogP contribution in [0.2, 0.25) is 0 Å². The number of hydrogen-bond donors (Lipinski definition) is 1. The van der Waals surface area contributed by atoms with Crippen molar-refractivity contribution in [2.24, 2.45) is 0 Å². The lowest BCUT2D eigenvalue weighted by Crippen LogP contribution is -2.43. The summed E-state index contributed by atoms with van der Waals surface area (Å²) in [6.45, 7) is 3.47. The van der Waals surface area contributed by atoms with E-state index in [4.69, 9.17) is 5.11 Å². The number of nitrogens with zero attached hydrogens (tertiary/aromatic N) is 1. The van der Waals surface area contributed by atoms with E-state index >= 15 is 0 Å². The third-order valence-electron chi connectivity index (χ3n) is 3.68. The van der Waals surface area contributed by atoms with Gasteiger partial charge in [-0.25, -0.2) is 4.79 Å². The summed E-state index contributed by atoms with van der Waals surface area (Å²) in [7, 11) is 0. The summed E-state index contributed by atoms with van der Waals surface area (Å²) in [5.41, 5.74) is 1.40. The molecule has 1 aromatic carbocycles. The molecule has 0 radical (unpaired) electrons. The average Bonchev–Trinajstić information content (AvgIpc) is 2.30. The lowest BCUT2D eigenvalue weighted by Gasteiger charge is -2.38. The predicted octanol–water partition coefficient (Wildman–Crippen LogP) is 3.48. The van der Waals surface area contributed by atoms with Crippen LogP contribution in [0.1, 0.15) is 25.3 Å². The number of likely N-dealkylation sites (tertiary alicyclic amines) is 1. The van der Waals surface area contributed by atoms with Crippen LogP contribution in [0, 0.1) is 0 Å². The van der Waals surface area contributed by atoms with E-state index in [0.29, 0.717) is 13.1 Å². The van der Waals surface area contributed by atoms with Gasteiger partial charge in [0, 0.05) is 17.6 Å². The molecular weight excluding hydrogens is 282 g/mol. The van der Waals surface area contributed by atoms with Crippen molar-refractivity contribution in [1.82, 2.24) is 4.90 Å². The highest BCUT2D eigenvalue weighted by atomic mass is 79.9. The smallest absolute Gasteiger partial charge is 0.407 e. The normalized spacial score (nSPS) is 19.1. The van der Waals surface area contributed by atoms with Gasteiger partial charge in [0.25, 0.3) is 0 Å². The number of piperidine rings is 1. The highest BCUT2D eigenvalue weighted by Crippen LogP contribution is 2.35. The van der Waals surface area contributed by atoms with Crippen LogP contribution in [-0.2, 0) is 5.41 Å². The summed E-state index contributed by atoms with van der Waals surface area (Å²) in [6, 6.07) is 8.34. The molecule has 3 nitrogen and oxygen atoms in total.